The molecule has 0 saturated carbocycles. The summed E-state index contributed by atoms with van der Waals surface area (Å²) in [7, 11) is 1.25. The van der Waals surface area contributed by atoms with Gasteiger partial charge in [0, 0.05) is 5.56 Å². The van der Waals surface area contributed by atoms with E-state index < -0.39 is 18.4 Å². The second-order valence-electron chi connectivity index (χ2n) is 4.27. The summed E-state index contributed by atoms with van der Waals surface area (Å²) >= 11 is 0. The van der Waals surface area contributed by atoms with Crippen molar-refractivity contribution in [3.8, 4) is 5.75 Å². The van der Waals surface area contributed by atoms with E-state index in [4.69, 9.17) is 0 Å². The second-order valence-corrected chi connectivity index (χ2v) is 4.27. The minimum atomic E-state index is -3.02. The maximum atomic E-state index is 12.4. The molecule has 0 atom stereocenters. The van der Waals surface area contributed by atoms with Gasteiger partial charge in [-0.15, -0.1) is 0 Å². The number of methoxy groups -OCH3 is 1. The SMILES string of the molecule is COC(=O)c1ccc(C(=O)c2ccccc2OC(F)F)cc1. The first-order valence-electron chi connectivity index (χ1n) is 6.30. The molecule has 22 heavy (non-hydrogen) atoms. The molecule has 0 unspecified atom stereocenters. The Kier molecular flexibility index (Phi) is 4.83. The number of hydrogen-bond donors (Lipinski definition) is 0. The largest absolute Gasteiger partial charge is 0.465 e. The smallest absolute Gasteiger partial charge is 0.387 e. The first kappa shape index (κ1) is 15.6. The molecule has 0 heterocycles. The number of alkyl halides is 2. The van der Waals surface area contributed by atoms with Crippen LogP contribution in [0.15, 0.2) is 48.5 Å². The van der Waals surface area contributed by atoms with Crippen molar-refractivity contribution < 1.29 is 27.8 Å². The van der Waals surface area contributed by atoms with E-state index in [9.17, 15) is 18.4 Å². The molecule has 0 radical (unpaired) electrons. The van der Waals surface area contributed by atoms with E-state index in [1.54, 1.807) is 6.07 Å². The van der Waals surface area contributed by atoms with Crippen LogP contribution in [0.4, 0.5) is 8.78 Å². The van der Waals surface area contributed by atoms with Crippen LogP contribution in [0.2, 0.25) is 0 Å². The lowest BCUT2D eigenvalue weighted by Gasteiger charge is -2.10. The number of hydrogen-bond acceptors (Lipinski definition) is 4. The minimum absolute atomic E-state index is 0.0219. The molecule has 0 aliphatic heterocycles. The van der Waals surface area contributed by atoms with E-state index in [0.717, 1.165) is 0 Å². The van der Waals surface area contributed by atoms with E-state index in [2.05, 4.69) is 9.47 Å². The third-order valence-corrected chi connectivity index (χ3v) is 2.92. The predicted molar refractivity (Wildman–Crippen MR) is 74.3 cm³/mol. The Bertz CT molecular complexity index is 681. The summed E-state index contributed by atoms with van der Waals surface area (Å²) in [6.07, 6.45) is 0. The first-order valence-corrected chi connectivity index (χ1v) is 6.30. The molecule has 0 aliphatic rings. The summed E-state index contributed by atoms with van der Waals surface area (Å²) in [4.78, 5) is 23.7. The number of carbonyl (C=O) groups is 2. The quantitative estimate of drug-likeness (QED) is 0.628. The molecule has 0 amide bonds. The number of ketones is 1. The molecule has 0 aromatic heterocycles. The zero-order chi connectivity index (χ0) is 16.1. The molecule has 0 N–H and O–H groups in total. The van der Waals surface area contributed by atoms with Crippen LogP contribution in [0.3, 0.4) is 0 Å². The van der Waals surface area contributed by atoms with Crippen LogP contribution in [0.1, 0.15) is 26.3 Å². The third kappa shape index (κ3) is 3.46. The summed E-state index contributed by atoms with van der Waals surface area (Å²) in [5, 5.41) is 0. The van der Waals surface area contributed by atoms with Crippen LogP contribution in [-0.4, -0.2) is 25.5 Å². The molecule has 2 rings (SSSR count). The van der Waals surface area contributed by atoms with Crippen molar-refractivity contribution in [2.75, 3.05) is 7.11 Å². The fraction of sp³-hybridized carbons (Fsp3) is 0.125. The summed E-state index contributed by atoms with van der Waals surface area (Å²) in [5.41, 5.74) is 0.558. The first-order chi connectivity index (χ1) is 10.5. The van der Waals surface area contributed by atoms with Crippen molar-refractivity contribution in [2.45, 2.75) is 6.61 Å². The van der Waals surface area contributed by atoms with Gasteiger partial charge in [0.05, 0.1) is 18.2 Å². The van der Waals surface area contributed by atoms with E-state index in [1.807, 2.05) is 0 Å². The molecule has 4 nitrogen and oxygen atoms in total. The van der Waals surface area contributed by atoms with Gasteiger partial charge >= 0.3 is 12.6 Å². The van der Waals surface area contributed by atoms with Crippen LogP contribution in [0, 0.1) is 0 Å². The Morgan fingerprint density at radius 2 is 1.55 bits per heavy atom. The predicted octanol–water partition coefficient (Wildman–Crippen LogP) is 3.31. The van der Waals surface area contributed by atoms with Gasteiger partial charge in [0.1, 0.15) is 5.75 Å². The zero-order valence-corrected chi connectivity index (χ0v) is 11.6. The van der Waals surface area contributed by atoms with E-state index in [1.165, 1.54) is 49.6 Å². The highest BCUT2D eigenvalue weighted by Gasteiger charge is 2.17. The van der Waals surface area contributed by atoms with Gasteiger partial charge in [-0.1, -0.05) is 24.3 Å². The standard InChI is InChI=1S/C16H12F2O4/c1-21-15(20)11-8-6-10(7-9-11)14(19)12-4-2-3-5-13(12)22-16(17)18/h2-9,16H,1H3. The lowest BCUT2D eigenvalue weighted by atomic mass is 10.0. The summed E-state index contributed by atoms with van der Waals surface area (Å²) in [6.45, 7) is -3.02. The third-order valence-electron chi connectivity index (χ3n) is 2.92. The Hall–Kier alpha value is -2.76. The molecular weight excluding hydrogens is 294 g/mol. The number of para-hydroxylation sites is 1. The van der Waals surface area contributed by atoms with Crippen molar-refractivity contribution in [3.63, 3.8) is 0 Å². The highest BCUT2D eigenvalue weighted by molar-refractivity contribution is 6.11. The van der Waals surface area contributed by atoms with Crippen molar-refractivity contribution >= 4 is 11.8 Å². The monoisotopic (exact) mass is 306 g/mol. The number of rotatable bonds is 5. The van der Waals surface area contributed by atoms with Gasteiger partial charge in [-0.05, 0) is 24.3 Å². The lowest BCUT2D eigenvalue weighted by molar-refractivity contribution is -0.0501. The zero-order valence-electron chi connectivity index (χ0n) is 11.6. The van der Waals surface area contributed by atoms with Crippen molar-refractivity contribution in [3.05, 3.63) is 65.2 Å². The summed E-state index contributed by atoms with van der Waals surface area (Å²) in [6, 6.07) is 11.4. The van der Waals surface area contributed by atoms with Crippen LogP contribution < -0.4 is 4.74 Å². The fourth-order valence-corrected chi connectivity index (χ4v) is 1.88. The highest BCUT2D eigenvalue weighted by Crippen LogP contribution is 2.23. The molecule has 6 heteroatoms. The molecular formula is C16H12F2O4. The Morgan fingerprint density at radius 3 is 2.14 bits per heavy atom. The van der Waals surface area contributed by atoms with E-state index >= 15 is 0 Å². The van der Waals surface area contributed by atoms with Gasteiger partial charge in [-0.25, -0.2) is 4.79 Å². The molecule has 0 saturated heterocycles. The van der Waals surface area contributed by atoms with Gasteiger partial charge in [-0.3, -0.25) is 4.79 Å². The van der Waals surface area contributed by atoms with E-state index in [0.29, 0.717) is 0 Å². The Labute approximate surface area is 125 Å². The van der Waals surface area contributed by atoms with Crippen LogP contribution in [0.5, 0.6) is 5.75 Å². The number of carbonyl (C=O) groups excluding carboxylic acids is 2. The average Bonchev–Trinajstić information content (AvgIpc) is 2.53. The van der Waals surface area contributed by atoms with Crippen LogP contribution in [0.25, 0.3) is 0 Å². The molecule has 2 aromatic rings. The van der Waals surface area contributed by atoms with Gasteiger partial charge < -0.3 is 9.47 Å². The molecule has 0 bridgehead atoms. The van der Waals surface area contributed by atoms with Gasteiger partial charge in [-0.2, -0.15) is 8.78 Å². The number of benzene rings is 2. The van der Waals surface area contributed by atoms with E-state index in [-0.39, 0.29) is 22.4 Å². The van der Waals surface area contributed by atoms with Crippen LogP contribution >= 0.6 is 0 Å². The molecule has 2 aromatic carbocycles. The molecule has 0 aliphatic carbocycles. The normalized spacial score (nSPS) is 10.4. The van der Waals surface area contributed by atoms with Crippen molar-refractivity contribution in [1.29, 1.82) is 0 Å². The van der Waals surface area contributed by atoms with Gasteiger partial charge in [0.25, 0.3) is 0 Å². The fourth-order valence-electron chi connectivity index (χ4n) is 1.88. The van der Waals surface area contributed by atoms with Gasteiger partial charge in [0.15, 0.2) is 5.78 Å². The number of ether oxygens (including phenoxy) is 2. The molecule has 0 spiro atoms. The summed E-state index contributed by atoms with van der Waals surface area (Å²) in [5.74, 6) is -1.20. The maximum absolute atomic E-state index is 12.4. The van der Waals surface area contributed by atoms with Gasteiger partial charge in [0.2, 0.25) is 0 Å². The topological polar surface area (TPSA) is 52.6 Å². The Balaban J connectivity index is 2.30. The number of esters is 1. The lowest BCUT2D eigenvalue weighted by Crippen LogP contribution is -2.09. The van der Waals surface area contributed by atoms with Crippen molar-refractivity contribution in [1.82, 2.24) is 0 Å². The van der Waals surface area contributed by atoms with Crippen LogP contribution in [-0.2, 0) is 4.74 Å². The molecule has 0 fully saturated rings. The maximum Gasteiger partial charge on any atom is 0.387 e. The van der Waals surface area contributed by atoms with Crippen molar-refractivity contribution in [2.24, 2.45) is 0 Å². The highest BCUT2D eigenvalue weighted by atomic mass is 19.3. The second kappa shape index (κ2) is 6.80. The number of halogens is 2. The Morgan fingerprint density at radius 1 is 0.955 bits per heavy atom. The molecule has 114 valence electrons. The minimum Gasteiger partial charge on any atom is -0.465 e. The average molecular weight is 306 g/mol. The summed E-state index contributed by atoms with van der Waals surface area (Å²) < 4.78 is 33.6.